The summed E-state index contributed by atoms with van der Waals surface area (Å²) < 4.78 is 2.50. The van der Waals surface area contributed by atoms with Crippen LogP contribution in [0.4, 0.5) is 0 Å². The third kappa shape index (κ3) is 6.24. The third-order valence-corrected chi connectivity index (χ3v) is 8.35. The summed E-state index contributed by atoms with van der Waals surface area (Å²) in [5, 5.41) is 2.52. The van der Waals surface area contributed by atoms with Gasteiger partial charge in [0.25, 0.3) is 0 Å². The van der Waals surface area contributed by atoms with E-state index in [9.17, 15) is 0 Å². The second-order valence-corrected chi connectivity index (χ2v) is 11.3. The van der Waals surface area contributed by atoms with Gasteiger partial charge >= 0.3 is 0 Å². The molecule has 3 nitrogen and oxygen atoms in total. The van der Waals surface area contributed by atoms with Gasteiger partial charge in [0.2, 0.25) is 0 Å². The van der Waals surface area contributed by atoms with Gasteiger partial charge < -0.3 is 9.97 Å². The zero-order valence-corrected chi connectivity index (χ0v) is 27.1. The Balaban J connectivity index is 0.000000164. The molecule has 0 amide bonds. The van der Waals surface area contributed by atoms with E-state index in [4.69, 9.17) is 0 Å². The molecule has 7 aromatic rings. The molecule has 3 aromatic carbocycles. The Morgan fingerprint density at radius 2 is 1.40 bits per heavy atom. The van der Waals surface area contributed by atoms with Crippen molar-refractivity contribution in [3.63, 3.8) is 0 Å². The number of fused-ring (bicyclic) bond motifs is 3. The number of benzene rings is 3. The van der Waals surface area contributed by atoms with Crippen LogP contribution < -0.4 is 0 Å². The van der Waals surface area contributed by atoms with Crippen LogP contribution in [0.5, 0.6) is 0 Å². The fraction of sp³-hybridized carbons (Fsp3) is 0.108. The predicted octanol–water partition coefficient (Wildman–Crippen LogP) is 9.76. The van der Waals surface area contributed by atoms with E-state index >= 15 is 0 Å². The van der Waals surface area contributed by atoms with E-state index in [1.807, 2.05) is 37.5 Å². The number of pyridine rings is 3. The Labute approximate surface area is 264 Å². The van der Waals surface area contributed by atoms with E-state index in [0.717, 1.165) is 28.3 Å². The first-order valence-electron chi connectivity index (χ1n) is 13.6. The Morgan fingerprint density at radius 3 is 2.19 bits per heavy atom. The number of nitrogens with zero attached hydrogens (tertiary/aromatic N) is 3. The minimum Gasteiger partial charge on any atom is -0.317 e. The molecule has 42 heavy (non-hydrogen) atoms. The zero-order valence-electron chi connectivity index (χ0n) is 23.9. The van der Waals surface area contributed by atoms with E-state index in [-0.39, 0.29) is 20.1 Å². The van der Waals surface area contributed by atoms with Crippen molar-refractivity contribution in [2.24, 2.45) is 0 Å². The molecule has 0 aliphatic heterocycles. The van der Waals surface area contributed by atoms with E-state index < -0.39 is 0 Å². The number of rotatable bonds is 3. The van der Waals surface area contributed by atoms with Crippen LogP contribution in [0.25, 0.3) is 53.9 Å². The molecule has 0 aliphatic carbocycles. The summed E-state index contributed by atoms with van der Waals surface area (Å²) in [6.45, 7) is 8.31. The van der Waals surface area contributed by atoms with Gasteiger partial charge in [0.05, 0.1) is 4.70 Å². The fourth-order valence-corrected chi connectivity index (χ4v) is 5.85. The summed E-state index contributed by atoms with van der Waals surface area (Å²) in [7, 11) is 0. The first-order valence-corrected chi connectivity index (χ1v) is 14.4. The molecule has 0 saturated carbocycles. The molecule has 0 aliphatic rings. The molecule has 0 saturated heterocycles. The number of aromatic nitrogens is 3. The number of aryl methyl sites for hydroxylation is 4. The van der Waals surface area contributed by atoms with Gasteiger partial charge in [0, 0.05) is 37.2 Å². The van der Waals surface area contributed by atoms with Gasteiger partial charge in [0.1, 0.15) is 0 Å². The van der Waals surface area contributed by atoms with Crippen LogP contribution in [0.15, 0.2) is 103 Å². The molecular formula is C37H29IrN3S-2. The summed E-state index contributed by atoms with van der Waals surface area (Å²) >= 11 is 1.78. The molecule has 4 aromatic heterocycles. The number of hydrogen-bond donors (Lipinski definition) is 0. The van der Waals surface area contributed by atoms with Gasteiger partial charge in [-0.1, -0.05) is 78.7 Å². The van der Waals surface area contributed by atoms with Crippen molar-refractivity contribution in [3.8, 4) is 33.8 Å². The summed E-state index contributed by atoms with van der Waals surface area (Å²) in [5.74, 6) is 0. The molecular weight excluding hydrogens is 711 g/mol. The second kappa shape index (κ2) is 12.9. The van der Waals surface area contributed by atoms with Crippen molar-refractivity contribution in [1.29, 1.82) is 0 Å². The first kappa shape index (κ1) is 29.5. The minimum absolute atomic E-state index is 0. The smallest absolute Gasteiger partial charge is 0.0515 e. The van der Waals surface area contributed by atoms with Gasteiger partial charge in [-0.15, -0.1) is 46.7 Å². The van der Waals surface area contributed by atoms with Crippen molar-refractivity contribution in [2.45, 2.75) is 27.7 Å². The molecule has 7 rings (SSSR count). The van der Waals surface area contributed by atoms with Crippen molar-refractivity contribution in [1.82, 2.24) is 15.0 Å². The predicted molar refractivity (Wildman–Crippen MR) is 172 cm³/mol. The van der Waals surface area contributed by atoms with Crippen molar-refractivity contribution >= 4 is 31.5 Å². The molecule has 1 radical (unpaired) electrons. The molecule has 4 heterocycles. The molecule has 0 N–H and O–H groups in total. The average Bonchev–Trinajstić information content (AvgIpc) is 3.38. The van der Waals surface area contributed by atoms with Crippen molar-refractivity contribution in [2.75, 3.05) is 0 Å². The summed E-state index contributed by atoms with van der Waals surface area (Å²) in [5.41, 5.74) is 10.9. The molecule has 209 valence electrons. The third-order valence-electron chi connectivity index (χ3n) is 7.23. The summed E-state index contributed by atoms with van der Waals surface area (Å²) in [6.07, 6.45) is 3.87. The number of hydrogen-bond acceptors (Lipinski definition) is 4. The largest absolute Gasteiger partial charge is 0.317 e. The van der Waals surface area contributed by atoms with Crippen LogP contribution in [0.3, 0.4) is 0 Å². The average molecular weight is 740 g/mol. The maximum Gasteiger partial charge on any atom is 0.0515 e. The Bertz CT molecular complexity index is 2000. The molecule has 0 fully saturated rings. The van der Waals surface area contributed by atoms with Gasteiger partial charge in [-0.3, -0.25) is 4.98 Å². The van der Waals surface area contributed by atoms with Crippen molar-refractivity contribution in [3.05, 3.63) is 138 Å². The Kier molecular flexibility index (Phi) is 9.03. The topological polar surface area (TPSA) is 38.7 Å². The first-order chi connectivity index (χ1) is 20.0. The van der Waals surface area contributed by atoms with E-state index in [0.29, 0.717) is 0 Å². The zero-order chi connectivity index (χ0) is 28.3. The van der Waals surface area contributed by atoms with Crippen molar-refractivity contribution < 1.29 is 20.1 Å². The molecule has 0 spiro atoms. The van der Waals surface area contributed by atoms with Crippen LogP contribution in [0.2, 0.25) is 0 Å². The van der Waals surface area contributed by atoms with Gasteiger partial charge in [-0.05, 0) is 71.5 Å². The Hall–Kier alpha value is -4.02. The SMILES string of the molecule is Cc1cc[c-]c(-c2cc3c(cn2)sc2ccccc23)n1.Cc1cnc(-c2[c-]cc(C)c(-c3ccccc3)c2)cc1C.[Ir]. The number of thiophene rings is 1. The van der Waals surface area contributed by atoms with E-state index in [1.54, 1.807) is 11.3 Å². The normalized spacial score (nSPS) is 10.7. The van der Waals surface area contributed by atoms with E-state index in [1.165, 1.54) is 48.0 Å². The molecule has 0 unspecified atom stereocenters. The van der Waals surface area contributed by atoms with Crippen LogP contribution in [0, 0.1) is 39.8 Å². The molecule has 5 heteroatoms. The molecule has 0 atom stereocenters. The minimum atomic E-state index is 0. The maximum atomic E-state index is 4.54. The van der Waals surface area contributed by atoms with Gasteiger partial charge in [-0.2, -0.15) is 12.1 Å². The molecule has 0 bridgehead atoms. The fourth-order valence-electron chi connectivity index (χ4n) is 4.79. The van der Waals surface area contributed by atoms with Gasteiger partial charge in [-0.25, -0.2) is 0 Å². The Morgan fingerprint density at radius 1 is 0.643 bits per heavy atom. The van der Waals surface area contributed by atoms with Crippen LogP contribution in [-0.4, -0.2) is 15.0 Å². The quantitative estimate of drug-likeness (QED) is 0.170. The van der Waals surface area contributed by atoms with E-state index in [2.05, 4.69) is 121 Å². The second-order valence-electron chi connectivity index (χ2n) is 10.2. The standard InChI is InChI=1S/C20H18N.C17H11N2S.Ir/c1-14-9-10-18(20-11-15(2)16(3)13-21-20)12-19(14)17-7-5-4-6-8-17;1-11-5-4-7-14(19-11)15-9-13-12-6-2-3-8-16(12)20-17(13)10-18-15;/h4-9,11-13H,1-3H3;2-6,8-10H,1H3;/q2*-1;. The van der Waals surface area contributed by atoms with Crippen LogP contribution in [0.1, 0.15) is 22.4 Å². The summed E-state index contributed by atoms with van der Waals surface area (Å²) in [4.78, 5) is 13.6. The summed E-state index contributed by atoms with van der Waals surface area (Å²) in [6, 6.07) is 37.7. The van der Waals surface area contributed by atoms with Crippen LogP contribution in [-0.2, 0) is 20.1 Å². The van der Waals surface area contributed by atoms with Gasteiger partial charge in [0.15, 0.2) is 0 Å². The maximum absolute atomic E-state index is 4.54. The van der Waals surface area contributed by atoms with Crippen LogP contribution >= 0.6 is 11.3 Å². The monoisotopic (exact) mass is 740 g/mol.